The number of pyridine rings is 1. The molecular formula is C12H19N3O. The maximum Gasteiger partial charge on any atom is 0.257 e. The van der Waals surface area contributed by atoms with Gasteiger partial charge in [0.2, 0.25) is 0 Å². The number of anilines is 1. The average Bonchev–Trinajstić information content (AvgIpc) is 2.31. The Kier molecular flexibility index (Phi) is 4.76. The molecule has 0 aliphatic rings. The van der Waals surface area contributed by atoms with Crippen LogP contribution in [0.5, 0.6) is 0 Å². The zero-order chi connectivity index (χ0) is 12.0. The molecule has 0 fully saturated rings. The highest BCUT2D eigenvalue weighted by Gasteiger charge is 2.16. The van der Waals surface area contributed by atoms with Crippen molar-refractivity contribution in [3.8, 4) is 0 Å². The van der Waals surface area contributed by atoms with E-state index >= 15 is 0 Å². The molecule has 0 unspecified atom stereocenters. The fraction of sp³-hybridized carbons (Fsp3) is 0.500. The monoisotopic (exact) mass is 221 g/mol. The van der Waals surface area contributed by atoms with Crippen molar-refractivity contribution in [2.24, 2.45) is 0 Å². The smallest absolute Gasteiger partial charge is 0.257 e. The van der Waals surface area contributed by atoms with Gasteiger partial charge in [0.1, 0.15) is 5.82 Å². The summed E-state index contributed by atoms with van der Waals surface area (Å²) in [6, 6.07) is 3.60. The largest absolute Gasteiger partial charge is 0.370 e. The van der Waals surface area contributed by atoms with Crippen molar-refractivity contribution in [1.29, 1.82) is 0 Å². The molecule has 0 saturated carbocycles. The highest BCUT2D eigenvalue weighted by atomic mass is 16.2. The van der Waals surface area contributed by atoms with Gasteiger partial charge in [-0.2, -0.15) is 0 Å². The van der Waals surface area contributed by atoms with E-state index in [9.17, 15) is 4.79 Å². The van der Waals surface area contributed by atoms with Crippen LogP contribution in [0.2, 0.25) is 0 Å². The normalized spacial score (nSPS) is 9.94. The number of carbonyl (C=O) groups is 1. The summed E-state index contributed by atoms with van der Waals surface area (Å²) in [7, 11) is 0. The van der Waals surface area contributed by atoms with E-state index in [1.807, 2.05) is 26.8 Å². The second-order valence-corrected chi connectivity index (χ2v) is 3.41. The molecule has 0 spiro atoms. The summed E-state index contributed by atoms with van der Waals surface area (Å²) in [5.41, 5.74) is 0.646. The number of hydrogen-bond acceptors (Lipinski definition) is 3. The lowest BCUT2D eigenvalue weighted by molar-refractivity contribution is 0.0773. The predicted molar refractivity (Wildman–Crippen MR) is 65.7 cm³/mol. The van der Waals surface area contributed by atoms with Crippen LogP contribution in [0.25, 0.3) is 0 Å². The zero-order valence-electron chi connectivity index (χ0n) is 10.2. The van der Waals surface area contributed by atoms with Crippen molar-refractivity contribution in [2.75, 3.05) is 25.0 Å². The minimum Gasteiger partial charge on any atom is -0.370 e. The van der Waals surface area contributed by atoms with E-state index in [0.717, 1.165) is 19.6 Å². The molecule has 0 aliphatic carbocycles. The molecular weight excluding hydrogens is 202 g/mol. The van der Waals surface area contributed by atoms with Crippen molar-refractivity contribution in [1.82, 2.24) is 9.88 Å². The molecule has 1 aromatic heterocycles. The lowest BCUT2D eigenvalue weighted by Crippen LogP contribution is -2.31. The van der Waals surface area contributed by atoms with E-state index in [2.05, 4.69) is 10.3 Å². The highest BCUT2D eigenvalue weighted by Crippen LogP contribution is 2.13. The summed E-state index contributed by atoms with van der Waals surface area (Å²) in [4.78, 5) is 18.1. The molecule has 0 aliphatic heterocycles. The number of rotatable bonds is 5. The molecule has 16 heavy (non-hydrogen) atoms. The minimum atomic E-state index is 0.0362. The molecule has 0 bridgehead atoms. The van der Waals surface area contributed by atoms with Gasteiger partial charge < -0.3 is 10.2 Å². The van der Waals surface area contributed by atoms with E-state index in [1.165, 1.54) is 0 Å². The highest BCUT2D eigenvalue weighted by molar-refractivity contribution is 5.98. The van der Waals surface area contributed by atoms with Crippen LogP contribution in [0, 0.1) is 0 Å². The van der Waals surface area contributed by atoms with Gasteiger partial charge in [0, 0.05) is 25.8 Å². The third-order valence-electron chi connectivity index (χ3n) is 2.43. The second-order valence-electron chi connectivity index (χ2n) is 3.41. The molecule has 4 nitrogen and oxygen atoms in total. The first kappa shape index (κ1) is 12.5. The molecule has 0 aromatic carbocycles. The van der Waals surface area contributed by atoms with E-state index in [-0.39, 0.29) is 5.91 Å². The van der Waals surface area contributed by atoms with Crippen molar-refractivity contribution >= 4 is 11.7 Å². The molecule has 0 atom stereocenters. The van der Waals surface area contributed by atoms with Crippen molar-refractivity contribution < 1.29 is 4.79 Å². The van der Waals surface area contributed by atoms with E-state index < -0.39 is 0 Å². The molecule has 1 rings (SSSR count). The Morgan fingerprint density at radius 1 is 1.38 bits per heavy atom. The van der Waals surface area contributed by atoms with Crippen molar-refractivity contribution in [3.05, 3.63) is 23.9 Å². The Bertz CT molecular complexity index is 348. The van der Waals surface area contributed by atoms with E-state index in [0.29, 0.717) is 11.4 Å². The van der Waals surface area contributed by atoms with Gasteiger partial charge in [-0.3, -0.25) is 4.79 Å². The third kappa shape index (κ3) is 2.72. The van der Waals surface area contributed by atoms with E-state index in [4.69, 9.17) is 0 Å². The van der Waals surface area contributed by atoms with Gasteiger partial charge in [-0.15, -0.1) is 0 Å². The van der Waals surface area contributed by atoms with Gasteiger partial charge in [0.15, 0.2) is 0 Å². The maximum atomic E-state index is 12.1. The molecule has 1 N–H and O–H groups in total. The van der Waals surface area contributed by atoms with Crippen LogP contribution < -0.4 is 5.32 Å². The van der Waals surface area contributed by atoms with Gasteiger partial charge >= 0.3 is 0 Å². The van der Waals surface area contributed by atoms with Crippen molar-refractivity contribution in [2.45, 2.75) is 20.8 Å². The van der Waals surface area contributed by atoms with Crippen LogP contribution in [-0.2, 0) is 0 Å². The fourth-order valence-corrected chi connectivity index (χ4v) is 1.57. The molecule has 88 valence electrons. The van der Waals surface area contributed by atoms with Crippen LogP contribution in [0.3, 0.4) is 0 Å². The summed E-state index contributed by atoms with van der Waals surface area (Å²) >= 11 is 0. The molecule has 0 radical (unpaired) electrons. The Labute approximate surface area is 96.7 Å². The first-order valence-corrected chi connectivity index (χ1v) is 5.72. The molecule has 1 aromatic rings. The predicted octanol–water partition coefficient (Wildman–Crippen LogP) is 2.00. The van der Waals surface area contributed by atoms with Crippen molar-refractivity contribution in [3.63, 3.8) is 0 Å². The Morgan fingerprint density at radius 3 is 2.62 bits per heavy atom. The van der Waals surface area contributed by atoms with Crippen LogP contribution in [0.1, 0.15) is 31.1 Å². The standard InChI is InChI=1S/C12H19N3O/c1-4-13-11-10(8-7-9-14-11)12(16)15(5-2)6-3/h7-9H,4-6H2,1-3H3,(H,13,14). The third-order valence-corrected chi connectivity index (χ3v) is 2.43. The van der Waals surface area contributed by atoms with Crippen LogP contribution in [0.4, 0.5) is 5.82 Å². The number of carbonyl (C=O) groups excluding carboxylic acids is 1. The lowest BCUT2D eigenvalue weighted by atomic mass is 10.2. The number of nitrogens with one attached hydrogen (secondary N) is 1. The SMILES string of the molecule is CCNc1ncccc1C(=O)N(CC)CC. The fourth-order valence-electron chi connectivity index (χ4n) is 1.57. The zero-order valence-corrected chi connectivity index (χ0v) is 10.2. The van der Waals surface area contributed by atoms with Crippen LogP contribution >= 0.6 is 0 Å². The van der Waals surface area contributed by atoms with Crippen LogP contribution in [0.15, 0.2) is 18.3 Å². The summed E-state index contributed by atoms with van der Waals surface area (Å²) in [6.07, 6.45) is 1.69. The molecule has 0 saturated heterocycles. The minimum absolute atomic E-state index is 0.0362. The number of nitrogens with zero attached hydrogens (tertiary/aromatic N) is 2. The Balaban J connectivity index is 2.97. The first-order valence-electron chi connectivity index (χ1n) is 5.72. The summed E-state index contributed by atoms with van der Waals surface area (Å²) in [5.74, 6) is 0.705. The van der Waals surface area contributed by atoms with Gasteiger partial charge in [-0.1, -0.05) is 0 Å². The quantitative estimate of drug-likeness (QED) is 0.827. The summed E-state index contributed by atoms with van der Waals surface area (Å²) in [6.45, 7) is 8.14. The Hall–Kier alpha value is -1.58. The Morgan fingerprint density at radius 2 is 2.06 bits per heavy atom. The van der Waals surface area contributed by atoms with E-state index in [1.54, 1.807) is 17.2 Å². The second kappa shape index (κ2) is 6.10. The number of amides is 1. The number of aromatic nitrogens is 1. The summed E-state index contributed by atoms with van der Waals surface area (Å²) < 4.78 is 0. The summed E-state index contributed by atoms with van der Waals surface area (Å²) in [5, 5.41) is 3.10. The lowest BCUT2D eigenvalue weighted by Gasteiger charge is -2.19. The maximum absolute atomic E-state index is 12.1. The van der Waals surface area contributed by atoms with Gasteiger partial charge in [0.05, 0.1) is 5.56 Å². The average molecular weight is 221 g/mol. The first-order chi connectivity index (χ1) is 7.74. The van der Waals surface area contributed by atoms with Crippen LogP contribution in [-0.4, -0.2) is 35.4 Å². The van der Waals surface area contributed by atoms with Gasteiger partial charge in [0.25, 0.3) is 5.91 Å². The van der Waals surface area contributed by atoms with Gasteiger partial charge in [-0.25, -0.2) is 4.98 Å². The molecule has 1 amide bonds. The molecule has 4 heteroatoms. The topological polar surface area (TPSA) is 45.2 Å². The molecule has 1 heterocycles. The van der Waals surface area contributed by atoms with Gasteiger partial charge in [-0.05, 0) is 32.9 Å². The number of hydrogen-bond donors (Lipinski definition) is 1.